The van der Waals surface area contributed by atoms with Crippen molar-refractivity contribution >= 4 is 15.2 Å². The summed E-state index contributed by atoms with van der Waals surface area (Å²) >= 11 is 0. The number of rotatable bonds is 15. The van der Waals surface area contributed by atoms with E-state index in [4.69, 9.17) is 0 Å². The molecule has 0 bridgehead atoms. The fraction of sp³-hybridized carbons (Fsp3) is 1.00. The third-order valence-corrected chi connectivity index (χ3v) is 5.07. The Kier molecular flexibility index (Phi) is 24.0. The number of hydrogen-bond acceptors (Lipinski definition) is 7. The molecule has 0 aromatic heterocycles. The van der Waals surface area contributed by atoms with Crippen molar-refractivity contribution in [3.63, 3.8) is 0 Å². The van der Waals surface area contributed by atoms with Crippen molar-refractivity contribution in [3.05, 3.63) is 0 Å². The Labute approximate surface area is 158 Å². The molecule has 0 amide bonds. The van der Waals surface area contributed by atoms with Crippen molar-refractivity contribution in [2.45, 2.75) is 71.1 Å². The van der Waals surface area contributed by atoms with Gasteiger partial charge in [-0.05, 0) is 13.0 Å². The monoisotopic (exact) mass is 423 g/mol. The summed E-state index contributed by atoms with van der Waals surface area (Å²) in [6.07, 6.45) is 9.11. The van der Waals surface area contributed by atoms with Crippen molar-refractivity contribution < 1.29 is 28.7 Å². The zero-order valence-corrected chi connectivity index (χ0v) is 18.8. The second-order valence-corrected chi connectivity index (χ2v) is 9.09. The average molecular weight is 423 g/mol. The van der Waals surface area contributed by atoms with Crippen LogP contribution in [0.1, 0.15) is 71.1 Å². The van der Waals surface area contributed by atoms with Gasteiger partial charge in [0.05, 0.1) is 0 Å². The minimum absolute atomic E-state index is 0. The molecule has 0 fully saturated rings. The highest BCUT2D eigenvalue weighted by Crippen LogP contribution is 2.30. The van der Waals surface area contributed by atoms with E-state index < -0.39 is 27.8 Å². The fourth-order valence-corrected chi connectivity index (χ4v) is 4.12. The molecular weight excluding hydrogens is 382 g/mol. The molecule has 0 heterocycles. The van der Waals surface area contributed by atoms with Gasteiger partial charge in [0, 0.05) is 12.6 Å². The van der Waals surface area contributed by atoms with Gasteiger partial charge in [-0.3, -0.25) is 4.90 Å². The summed E-state index contributed by atoms with van der Waals surface area (Å²) in [6.45, 7) is 2.32. The maximum atomic E-state index is 10.7. The minimum atomic E-state index is -4.86. The molecule has 0 radical (unpaired) electrons. The molecule has 0 rings (SSSR count). The van der Waals surface area contributed by atoms with E-state index in [1.54, 1.807) is 0 Å². The highest BCUT2D eigenvalue weighted by Gasteiger charge is 2.08. The molecule has 164 valence electrons. The van der Waals surface area contributed by atoms with Crippen LogP contribution in [0.4, 0.5) is 0 Å². The van der Waals surface area contributed by atoms with Gasteiger partial charge in [0.1, 0.15) is 0 Å². The van der Waals surface area contributed by atoms with E-state index in [9.17, 15) is 28.7 Å². The van der Waals surface area contributed by atoms with Crippen LogP contribution in [0.3, 0.4) is 0 Å². The minimum Gasteiger partial charge on any atom is -0.810 e. The zero-order chi connectivity index (χ0) is 17.8. The van der Waals surface area contributed by atoms with Gasteiger partial charge in [-0.2, -0.15) is 0 Å². The van der Waals surface area contributed by atoms with E-state index in [0.717, 1.165) is 24.2 Å². The summed E-state index contributed by atoms with van der Waals surface area (Å²) in [4.78, 5) is 43.9. The van der Waals surface area contributed by atoms with Crippen LogP contribution in [0.2, 0.25) is 0 Å². The first kappa shape index (κ1) is 33.7. The highest BCUT2D eigenvalue weighted by molar-refractivity contribution is 7.49. The van der Waals surface area contributed by atoms with Crippen molar-refractivity contribution in [2.75, 3.05) is 19.1 Å². The first-order valence-corrected chi connectivity index (χ1v) is 11.8. The normalized spacial score (nSPS) is 11.5. The average Bonchev–Trinajstić information content (AvgIpc) is 2.37. The molecule has 0 aliphatic carbocycles. The number of unbranched alkanes of at least 4 members (excludes halogenated alkanes) is 9. The lowest BCUT2D eigenvalue weighted by Crippen LogP contribution is -2.36. The van der Waals surface area contributed by atoms with Crippen LogP contribution < -0.4 is 38.0 Å². The van der Waals surface area contributed by atoms with Gasteiger partial charge < -0.3 is 47.2 Å². The first-order chi connectivity index (χ1) is 10.6. The zero-order valence-electron chi connectivity index (χ0n) is 17.0. The van der Waals surface area contributed by atoms with E-state index in [0.29, 0.717) is 6.42 Å². The lowest BCUT2D eigenvalue weighted by Gasteiger charge is -2.41. The summed E-state index contributed by atoms with van der Waals surface area (Å²) in [6, 6.07) is 0. The Hall–Kier alpha value is 0.140. The predicted molar refractivity (Wildman–Crippen MR) is 101 cm³/mol. The molecule has 0 unspecified atom stereocenters. The smallest absolute Gasteiger partial charge is 0.0264 e. The second-order valence-electron chi connectivity index (χ2n) is 6.08. The van der Waals surface area contributed by atoms with E-state index in [1.807, 2.05) is 0 Å². The van der Waals surface area contributed by atoms with Crippen LogP contribution in [-0.4, -0.2) is 24.0 Å². The Balaban J connectivity index is -0.000000807. The van der Waals surface area contributed by atoms with Crippen LogP contribution in [0.15, 0.2) is 0 Å². The van der Waals surface area contributed by atoms with Crippen LogP contribution in [0.25, 0.3) is 0 Å². The lowest BCUT2D eigenvalue weighted by molar-refractivity contribution is -0.318. The largest absolute Gasteiger partial charge is 0.810 e. The van der Waals surface area contributed by atoms with Gasteiger partial charge in [0.2, 0.25) is 0 Å². The van der Waals surface area contributed by atoms with Crippen LogP contribution in [0, 0.1) is 0 Å². The number of quaternary nitrogens is 3. The SMILES string of the molecule is CCCCCCCCCCCCN(CP(=O)([O-])[O-])CP(=O)([O-])[O-].[NH4+].[NH4+].[NH4+]. The van der Waals surface area contributed by atoms with Crippen LogP contribution in [-0.2, 0) is 9.13 Å². The molecule has 0 spiro atoms. The van der Waals surface area contributed by atoms with Crippen LogP contribution >= 0.6 is 15.2 Å². The third kappa shape index (κ3) is 26.4. The summed E-state index contributed by atoms with van der Waals surface area (Å²) < 4.78 is 21.5. The fourth-order valence-electron chi connectivity index (χ4n) is 2.50. The van der Waals surface area contributed by atoms with E-state index in [-0.39, 0.29) is 25.0 Å². The molecule has 10 nitrogen and oxygen atoms in total. The first-order valence-electron chi connectivity index (χ1n) is 8.38. The summed E-state index contributed by atoms with van der Waals surface area (Å²) in [5, 5.41) is 0. The molecule has 0 aromatic carbocycles. The standard InChI is InChI=1S/C14H33NO6P2.3H3N/c1-2-3-4-5-6-7-8-9-10-11-12-15(13-22(16,17)18)14-23(19,20)21;;;/h2-14H2,1H3,(H2,16,17,18)(H2,19,20,21);3*1H3/p-1. The van der Waals surface area contributed by atoms with E-state index in [1.165, 1.54) is 38.5 Å². The summed E-state index contributed by atoms with van der Waals surface area (Å²) in [5.41, 5.74) is 0. The van der Waals surface area contributed by atoms with Gasteiger partial charge in [-0.25, -0.2) is 0 Å². The molecule has 0 aromatic rings. The topological polar surface area (TPSA) is 239 Å². The molecule has 26 heavy (non-hydrogen) atoms. The van der Waals surface area contributed by atoms with Crippen molar-refractivity contribution in [1.82, 2.24) is 23.4 Å². The highest BCUT2D eigenvalue weighted by atomic mass is 31.2. The molecule has 12 N–H and O–H groups in total. The van der Waals surface area contributed by atoms with E-state index in [2.05, 4.69) is 6.92 Å². The predicted octanol–water partition coefficient (Wildman–Crippen LogP) is 2.08. The van der Waals surface area contributed by atoms with E-state index >= 15 is 0 Å². The molecule has 0 aliphatic heterocycles. The van der Waals surface area contributed by atoms with Gasteiger partial charge in [-0.15, -0.1) is 0 Å². The van der Waals surface area contributed by atoms with Gasteiger partial charge in [0.25, 0.3) is 0 Å². The Bertz CT molecular complexity index is 368. The second kappa shape index (κ2) is 18.5. The Morgan fingerprint density at radius 2 is 0.923 bits per heavy atom. The quantitative estimate of drug-likeness (QED) is 0.261. The molecule has 12 heteroatoms. The summed E-state index contributed by atoms with van der Waals surface area (Å²) in [5.74, 6) is 0. The Morgan fingerprint density at radius 3 is 1.23 bits per heavy atom. The van der Waals surface area contributed by atoms with Crippen LogP contribution in [0.5, 0.6) is 0 Å². The molecule has 0 saturated heterocycles. The lowest BCUT2D eigenvalue weighted by atomic mass is 10.1. The molecule has 0 atom stereocenters. The van der Waals surface area contributed by atoms with Gasteiger partial charge in [-0.1, -0.05) is 79.9 Å². The van der Waals surface area contributed by atoms with Gasteiger partial charge in [0.15, 0.2) is 0 Å². The van der Waals surface area contributed by atoms with Crippen molar-refractivity contribution in [3.8, 4) is 0 Å². The number of nitrogens with zero attached hydrogens (tertiary/aromatic N) is 1. The summed E-state index contributed by atoms with van der Waals surface area (Å²) in [7, 11) is -9.72. The van der Waals surface area contributed by atoms with Gasteiger partial charge >= 0.3 is 0 Å². The van der Waals surface area contributed by atoms with Crippen molar-refractivity contribution in [1.29, 1.82) is 0 Å². The molecular formula is C14H41N4O6P2-. The maximum Gasteiger partial charge on any atom is 0.0264 e. The van der Waals surface area contributed by atoms with Crippen molar-refractivity contribution in [2.24, 2.45) is 0 Å². The third-order valence-electron chi connectivity index (χ3n) is 3.57. The maximum absolute atomic E-state index is 10.7. The number of hydrogen-bond donors (Lipinski definition) is 3. The molecule has 0 aliphatic rings. The Morgan fingerprint density at radius 1 is 0.615 bits per heavy atom. The molecule has 0 saturated carbocycles.